The van der Waals surface area contributed by atoms with Gasteiger partial charge in [0.25, 0.3) is 0 Å². The molecule has 0 spiro atoms. The zero-order valence-electron chi connectivity index (χ0n) is 12.7. The van der Waals surface area contributed by atoms with Gasteiger partial charge in [-0.3, -0.25) is 4.79 Å². The van der Waals surface area contributed by atoms with Crippen molar-refractivity contribution in [1.82, 2.24) is 9.97 Å². The molecule has 2 heterocycles. The van der Waals surface area contributed by atoms with Gasteiger partial charge >= 0.3 is 0 Å². The Morgan fingerprint density at radius 3 is 2.87 bits per heavy atom. The topological polar surface area (TPSA) is 49.0 Å². The van der Waals surface area contributed by atoms with Crippen molar-refractivity contribution in [3.05, 3.63) is 58.3 Å². The molecule has 1 fully saturated rings. The lowest BCUT2D eigenvalue weighted by molar-refractivity contribution is -0.117. The smallest absolute Gasteiger partial charge is 0.227 e. The molecule has 1 N–H and O–H groups in total. The van der Waals surface area contributed by atoms with E-state index in [1.54, 1.807) is 0 Å². The molecule has 1 aliphatic rings. The van der Waals surface area contributed by atoms with Crippen LogP contribution in [0.15, 0.2) is 46.9 Å². The summed E-state index contributed by atoms with van der Waals surface area (Å²) in [5, 5.41) is 0. The SMILES string of the molecule is Cc1c(Br)cccc1N1CC(c2nc3ccccc3[nH]2)CC1=O. The van der Waals surface area contributed by atoms with Crippen LogP contribution in [0.4, 0.5) is 5.69 Å². The first-order valence-corrected chi connectivity index (χ1v) is 8.43. The van der Waals surface area contributed by atoms with E-state index in [0.717, 1.165) is 32.6 Å². The number of nitrogens with zero attached hydrogens (tertiary/aromatic N) is 2. The van der Waals surface area contributed by atoms with Crippen LogP contribution in [0.25, 0.3) is 11.0 Å². The van der Waals surface area contributed by atoms with Crippen LogP contribution in [0.3, 0.4) is 0 Å². The first kappa shape index (κ1) is 14.5. The number of imidazole rings is 1. The summed E-state index contributed by atoms with van der Waals surface area (Å²) in [6.07, 6.45) is 0.492. The van der Waals surface area contributed by atoms with E-state index in [9.17, 15) is 4.79 Å². The van der Waals surface area contributed by atoms with Crippen molar-refractivity contribution in [3.63, 3.8) is 0 Å². The second kappa shape index (κ2) is 5.49. The number of carbonyl (C=O) groups excluding carboxylic acids is 1. The number of halogens is 1. The number of amides is 1. The van der Waals surface area contributed by atoms with Gasteiger partial charge in [0.05, 0.1) is 11.0 Å². The Balaban J connectivity index is 1.66. The summed E-state index contributed by atoms with van der Waals surface area (Å²) in [4.78, 5) is 22.4. The summed E-state index contributed by atoms with van der Waals surface area (Å²) < 4.78 is 1.02. The number of aromatic amines is 1. The van der Waals surface area contributed by atoms with Gasteiger partial charge in [0.1, 0.15) is 5.82 Å². The molecule has 1 aromatic heterocycles. The van der Waals surface area contributed by atoms with Gasteiger partial charge in [0.2, 0.25) is 5.91 Å². The molecule has 116 valence electrons. The Bertz CT molecular complexity index is 869. The summed E-state index contributed by atoms with van der Waals surface area (Å²) in [6.45, 7) is 2.69. The third-order valence-electron chi connectivity index (χ3n) is 4.45. The average molecular weight is 370 g/mol. The van der Waals surface area contributed by atoms with Crippen LogP contribution in [0.5, 0.6) is 0 Å². The van der Waals surface area contributed by atoms with E-state index in [1.165, 1.54) is 0 Å². The zero-order chi connectivity index (χ0) is 16.0. The van der Waals surface area contributed by atoms with Crippen LogP contribution < -0.4 is 4.90 Å². The maximum Gasteiger partial charge on any atom is 0.227 e. The van der Waals surface area contributed by atoms with E-state index in [4.69, 9.17) is 0 Å². The molecule has 5 heteroatoms. The number of fused-ring (bicyclic) bond motifs is 1. The average Bonchev–Trinajstić information content (AvgIpc) is 3.13. The fourth-order valence-electron chi connectivity index (χ4n) is 3.18. The summed E-state index contributed by atoms with van der Waals surface area (Å²) in [7, 11) is 0. The summed E-state index contributed by atoms with van der Waals surface area (Å²) in [6, 6.07) is 13.9. The van der Waals surface area contributed by atoms with Crippen LogP contribution in [-0.4, -0.2) is 22.4 Å². The van der Waals surface area contributed by atoms with Crippen LogP contribution in [0.2, 0.25) is 0 Å². The van der Waals surface area contributed by atoms with E-state index < -0.39 is 0 Å². The molecule has 0 radical (unpaired) electrons. The Kier molecular flexibility index (Phi) is 3.45. The largest absolute Gasteiger partial charge is 0.342 e. The van der Waals surface area contributed by atoms with Crippen molar-refractivity contribution in [3.8, 4) is 0 Å². The van der Waals surface area contributed by atoms with Gasteiger partial charge in [-0.25, -0.2) is 4.98 Å². The number of anilines is 1. The fourth-order valence-corrected chi connectivity index (χ4v) is 3.53. The van der Waals surface area contributed by atoms with Crippen molar-refractivity contribution in [1.29, 1.82) is 0 Å². The Labute approximate surface area is 142 Å². The van der Waals surface area contributed by atoms with E-state index in [2.05, 4.69) is 25.9 Å². The number of carbonyl (C=O) groups is 1. The molecular weight excluding hydrogens is 354 g/mol. The molecule has 23 heavy (non-hydrogen) atoms. The van der Waals surface area contributed by atoms with Gasteiger partial charge in [0.15, 0.2) is 0 Å². The highest BCUT2D eigenvalue weighted by atomic mass is 79.9. The van der Waals surface area contributed by atoms with Gasteiger partial charge in [-0.15, -0.1) is 0 Å². The lowest BCUT2D eigenvalue weighted by Crippen LogP contribution is -2.25. The second-order valence-electron chi connectivity index (χ2n) is 5.93. The summed E-state index contributed by atoms with van der Waals surface area (Å²) in [5.74, 6) is 1.15. The Morgan fingerprint density at radius 2 is 2.04 bits per heavy atom. The third-order valence-corrected chi connectivity index (χ3v) is 5.31. The predicted molar refractivity (Wildman–Crippen MR) is 94.7 cm³/mol. The minimum absolute atomic E-state index is 0.105. The first-order chi connectivity index (χ1) is 11.1. The first-order valence-electron chi connectivity index (χ1n) is 7.63. The molecule has 2 aromatic carbocycles. The lowest BCUT2D eigenvalue weighted by Gasteiger charge is -2.19. The summed E-state index contributed by atoms with van der Waals surface area (Å²) >= 11 is 3.54. The normalized spacial score (nSPS) is 18.1. The quantitative estimate of drug-likeness (QED) is 0.737. The number of para-hydroxylation sites is 2. The van der Waals surface area contributed by atoms with E-state index in [1.807, 2.05) is 54.3 Å². The van der Waals surface area contributed by atoms with E-state index in [0.29, 0.717) is 13.0 Å². The molecule has 4 rings (SSSR count). The molecule has 4 nitrogen and oxygen atoms in total. The minimum atomic E-state index is 0.105. The minimum Gasteiger partial charge on any atom is -0.342 e. The van der Waals surface area contributed by atoms with Gasteiger partial charge in [-0.05, 0) is 36.8 Å². The van der Waals surface area contributed by atoms with Gasteiger partial charge in [0, 0.05) is 29.0 Å². The van der Waals surface area contributed by atoms with Gasteiger partial charge in [-0.1, -0.05) is 34.1 Å². The number of benzene rings is 2. The number of hydrogen-bond donors (Lipinski definition) is 1. The van der Waals surface area contributed by atoms with Crippen LogP contribution in [-0.2, 0) is 4.79 Å². The molecule has 0 aliphatic carbocycles. The highest BCUT2D eigenvalue weighted by molar-refractivity contribution is 9.10. The standard InChI is InChI=1S/C18H16BrN3O/c1-11-13(19)5-4-8-16(11)22-10-12(9-17(22)23)18-20-14-6-2-3-7-15(14)21-18/h2-8,12H,9-10H2,1H3,(H,20,21). The molecule has 0 bridgehead atoms. The highest BCUT2D eigenvalue weighted by Crippen LogP contribution is 2.34. The molecular formula is C18H16BrN3O. The maximum atomic E-state index is 12.5. The van der Waals surface area contributed by atoms with Crippen LogP contribution in [0.1, 0.15) is 23.7 Å². The zero-order valence-corrected chi connectivity index (χ0v) is 14.3. The molecule has 1 atom stereocenters. The molecule has 1 saturated heterocycles. The molecule has 1 amide bonds. The van der Waals surface area contributed by atoms with E-state index in [-0.39, 0.29) is 11.8 Å². The maximum absolute atomic E-state index is 12.5. The molecule has 3 aromatic rings. The Morgan fingerprint density at radius 1 is 1.22 bits per heavy atom. The number of nitrogens with one attached hydrogen (secondary N) is 1. The number of rotatable bonds is 2. The number of hydrogen-bond acceptors (Lipinski definition) is 2. The second-order valence-corrected chi connectivity index (χ2v) is 6.78. The van der Waals surface area contributed by atoms with Crippen LogP contribution in [0, 0.1) is 6.92 Å². The van der Waals surface area contributed by atoms with Crippen molar-refractivity contribution < 1.29 is 4.79 Å². The lowest BCUT2D eigenvalue weighted by atomic mass is 10.1. The monoisotopic (exact) mass is 369 g/mol. The Hall–Kier alpha value is -2.14. The van der Waals surface area contributed by atoms with Crippen LogP contribution >= 0.6 is 15.9 Å². The van der Waals surface area contributed by atoms with Crippen molar-refractivity contribution in [2.24, 2.45) is 0 Å². The van der Waals surface area contributed by atoms with E-state index >= 15 is 0 Å². The molecule has 0 saturated carbocycles. The van der Waals surface area contributed by atoms with Gasteiger partial charge < -0.3 is 9.88 Å². The summed E-state index contributed by atoms with van der Waals surface area (Å²) in [5.41, 5.74) is 4.04. The molecule has 1 aliphatic heterocycles. The van der Waals surface area contributed by atoms with Crippen molar-refractivity contribution >= 4 is 38.6 Å². The third kappa shape index (κ3) is 2.45. The highest BCUT2D eigenvalue weighted by Gasteiger charge is 2.34. The number of aromatic nitrogens is 2. The van der Waals surface area contributed by atoms with Gasteiger partial charge in [-0.2, -0.15) is 0 Å². The predicted octanol–water partition coefficient (Wildman–Crippen LogP) is 4.15. The van der Waals surface area contributed by atoms with Crippen molar-refractivity contribution in [2.75, 3.05) is 11.4 Å². The van der Waals surface area contributed by atoms with Crippen molar-refractivity contribution in [2.45, 2.75) is 19.3 Å². The molecule has 1 unspecified atom stereocenters. The number of H-pyrrole nitrogens is 1. The fraction of sp³-hybridized carbons (Fsp3) is 0.222.